The molecule has 2 fully saturated rings. The zero-order valence-corrected chi connectivity index (χ0v) is 34.5. The van der Waals surface area contributed by atoms with E-state index in [4.69, 9.17) is 24.9 Å². The number of ketones is 1. The summed E-state index contributed by atoms with van der Waals surface area (Å²) in [6.45, 7) is 9.33. The fourth-order valence-electron chi connectivity index (χ4n) is 6.93. The molecule has 1 saturated heterocycles. The number of nitrogens with two attached hydrogens (primary N) is 1. The van der Waals surface area contributed by atoms with E-state index in [1.165, 1.54) is 18.2 Å². The molecule has 3 amide bonds. The molecule has 1 aromatic heterocycles. The topological polar surface area (TPSA) is 208 Å². The summed E-state index contributed by atoms with van der Waals surface area (Å²) in [5, 5.41) is 9.29. The van der Waals surface area contributed by atoms with E-state index in [9.17, 15) is 27.6 Å². The van der Waals surface area contributed by atoms with E-state index < -0.39 is 73.9 Å². The van der Waals surface area contributed by atoms with Crippen molar-refractivity contribution in [3.8, 4) is 22.8 Å². The van der Waals surface area contributed by atoms with Gasteiger partial charge in [-0.15, -0.1) is 6.58 Å². The number of carbonyl (C=O) groups excluding carboxylic acids is 4. The second kappa shape index (κ2) is 17.3. The van der Waals surface area contributed by atoms with Crippen molar-refractivity contribution in [3.05, 3.63) is 97.1 Å². The second-order valence-electron chi connectivity index (χ2n) is 15.7. The van der Waals surface area contributed by atoms with Crippen LogP contribution in [0.5, 0.6) is 11.5 Å². The molecule has 59 heavy (non-hydrogen) atoms. The Morgan fingerprint density at radius 1 is 1.07 bits per heavy atom. The number of benzene rings is 3. The van der Waals surface area contributed by atoms with E-state index in [2.05, 4.69) is 22.5 Å². The van der Waals surface area contributed by atoms with Crippen LogP contribution in [-0.2, 0) is 24.3 Å². The van der Waals surface area contributed by atoms with Gasteiger partial charge in [-0.2, -0.15) is 4.31 Å². The first kappa shape index (κ1) is 42.9. The van der Waals surface area contributed by atoms with Crippen LogP contribution in [0.25, 0.3) is 22.2 Å². The highest BCUT2D eigenvalue weighted by atomic mass is 32.2. The minimum absolute atomic E-state index is 0.0212. The summed E-state index contributed by atoms with van der Waals surface area (Å²) in [5.74, 6) is -2.05. The number of amides is 3. The van der Waals surface area contributed by atoms with Crippen molar-refractivity contribution in [1.29, 1.82) is 0 Å². The van der Waals surface area contributed by atoms with Gasteiger partial charge in [0.2, 0.25) is 0 Å². The van der Waals surface area contributed by atoms with Gasteiger partial charge >= 0.3 is 6.09 Å². The molecular weight excluding hydrogens is 777 g/mol. The standard InChI is InChI=1S/C43H50N6O9S/c1-7-28-24-43(28,44)40(52)49(59(54,55)31-16-13-27(14-17-31)38(50)33(19-20-45-5)48-41(53)58-42(2,3)4)39(51)36-22-30(25-46-36)57-37-23-34(26-11-9-8-10-12-26)47-35-21-29(56-6)15-18-32(35)37/h7-18,21,23,28,30,33,36,45-46H,1,19-20,22,24-25,44H2,2-6H3,(H,48,53)/t28-,30-,33?,36+,43-/m1/s1. The lowest BCUT2D eigenvalue weighted by atomic mass is 10.0. The van der Waals surface area contributed by atoms with Gasteiger partial charge in [0, 0.05) is 47.5 Å². The molecule has 3 aromatic carbocycles. The molecule has 15 nitrogen and oxygen atoms in total. The second-order valence-corrected chi connectivity index (χ2v) is 17.5. The Morgan fingerprint density at radius 2 is 1.78 bits per heavy atom. The van der Waals surface area contributed by atoms with Crippen molar-refractivity contribution in [2.24, 2.45) is 11.7 Å². The molecule has 1 aliphatic carbocycles. The lowest BCUT2D eigenvalue weighted by molar-refractivity contribution is -0.141. The van der Waals surface area contributed by atoms with Crippen LogP contribution >= 0.6 is 0 Å². The molecule has 5 N–H and O–H groups in total. The SMILES string of the molecule is C=C[C@@H]1C[C@]1(N)C(=O)N(C(=O)[C@@H]1C[C@@H](Oc2cc(-c3ccccc3)nc3cc(OC)ccc23)CN1)S(=O)(=O)c1ccc(C(=O)C(CCNC)NC(=O)OC(C)(C)C)cc1. The summed E-state index contributed by atoms with van der Waals surface area (Å²) < 4.78 is 46.3. The van der Waals surface area contributed by atoms with Gasteiger partial charge in [-0.25, -0.2) is 18.2 Å². The maximum absolute atomic E-state index is 14.4. The largest absolute Gasteiger partial charge is 0.497 e. The quantitative estimate of drug-likeness (QED) is 0.0748. The van der Waals surface area contributed by atoms with Gasteiger partial charge in [0.15, 0.2) is 5.78 Å². The summed E-state index contributed by atoms with van der Waals surface area (Å²) in [6.07, 6.45) is 0.408. The molecule has 0 spiro atoms. The molecule has 1 saturated carbocycles. The van der Waals surface area contributed by atoms with Gasteiger partial charge in [0.25, 0.3) is 21.8 Å². The number of imide groups is 1. The monoisotopic (exact) mass is 826 g/mol. The Kier molecular flexibility index (Phi) is 12.6. The summed E-state index contributed by atoms with van der Waals surface area (Å²) >= 11 is 0. The number of sulfonamides is 1. The first-order valence-corrected chi connectivity index (χ1v) is 20.7. The number of fused-ring (bicyclic) bond motifs is 1. The number of nitrogens with one attached hydrogen (secondary N) is 3. The smallest absolute Gasteiger partial charge is 0.408 e. The first-order valence-electron chi connectivity index (χ1n) is 19.3. The van der Waals surface area contributed by atoms with Crippen molar-refractivity contribution in [1.82, 2.24) is 25.2 Å². The summed E-state index contributed by atoms with van der Waals surface area (Å²) in [6, 6.07) is 19.5. The number of Topliss-reactive ketones (excluding diaryl/α,β-unsaturated/α-hetero) is 1. The fourth-order valence-corrected chi connectivity index (χ4v) is 8.37. The van der Waals surface area contributed by atoms with E-state index in [0.29, 0.717) is 34.6 Å². The zero-order valence-electron chi connectivity index (χ0n) is 33.7. The number of hydrogen-bond donors (Lipinski definition) is 4. The number of ether oxygens (including phenoxy) is 3. The normalized spacial score (nSPS) is 20.6. The lowest BCUT2D eigenvalue weighted by Crippen LogP contribution is -2.56. The number of hydrogen-bond acceptors (Lipinski definition) is 13. The molecule has 1 aliphatic heterocycles. The molecule has 2 heterocycles. The van der Waals surface area contributed by atoms with Gasteiger partial charge in [-0.3, -0.25) is 14.4 Å². The number of rotatable bonds is 15. The molecule has 4 aromatic rings. The van der Waals surface area contributed by atoms with E-state index in [-0.39, 0.29) is 35.7 Å². The van der Waals surface area contributed by atoms with Crippen molar-refractivity contribution in [3.63, 3.8) is 0 Å². The average molecular weight is 827 g/mol. The Morgan fingerprint density at radius 3 is 2.41 bits per heavy atom. The molecule has 2 aliphatic rings. The summed E-state index contributed by atoms with van der Waals surface area (Å²) in [7, 11) is -1.61. The van der Waals surface area contributed by atoms with Crippen LogP contribution in [0.2, 0.25) is 0 Å². The van der Waals surface area contributed by atoms with Crippen LogP contribution in [0, 0.1) is 5.92 Å². The summed E-state index contributed by atoms with van der Waals surface area (Å²) in [4.78, 5) is 59.0. The number of methoxy groups -OCH3 is 1. The van der Waals surface area contributed by atoms with Gasteiger partial charge < -0.3 is 35.9 Å². The predicted molar refractivity (Wildman–Crippen MR) is 221 cm³/mol. The lowest BCUT2D eigenvalue weighted by Gasteiger charge is -2.26. The van der Waals surface area contributed by atoms with E-state index in [1.807, 2.05) is 42.5 Å². The molecule has 0 bridgehead atoms. The van der Waals surface area contributed by atoms with Crippen molar-refractivity contribution < 1.29 is 41.8 Å². The Balaban J connectivity index is 1.25. The number of aromatic nitrogens is 1. The van der Waals surface area contributed by atoms with Gasteiger partial charge in [0.1, 0.15) is 28.7 Å². The third-order valence-electron chi connectivity index (χ3n) is 10.2. The highest BCUT2D eigenvalue weighted by Gasteiger charge is 2.60. The van der Waals surface area contributed by atoms with Crippen LogP contribution in [0.3, 0.4) is 0 Å². The maximum Gasteiger partial charge on any atom is 0.408 e. The van der Waals surface area contributed by atoms with Crippen molar-refractivity contribution in [2.75, 3.05) is 27.2 Å². The van der Waals surface area contributed by atoms with Gasteiger partial charge in [-0.1, -0.05) is 36.4 Å². The molecule has 0 radical (unpaired) electrons. The minimum atomic E-state index is -4.87. The van der Waals surface area contributed by atoms with Crippen LogP contribution < -0.4 is 31.2 Å². The summed E-state index contributed by atoms with van der Waals surface area (Å²) in [5.41, 5.74) is 6.16. The molecule has 16 heteroatoms. The first-order chi connectivity index (χ1) is 28.0. The van der Waals surface area contributed by atoms with Crippen molar-refractivity contribution >= 4 is 44.6 Å². The Bertz CT molecular complexity index is 2350. The van der Waals surface area contributed by atoms with Crippen LogP contribution in [0.1, 0.15) is 50.4 Å². The molecule has 312 valence electrons. The van der Waals surface area contributed by atoms with Crippen LogP contribution in [0.4, 0.5) is 4.79 Å². The maximum atomic E-state index is 14.4. The van der Waals surface area contributed by atoms with Gasteiger partial charge in [0.05, 0.1) is 35.3 Å². The zero-order chi connectivity index (χ0) is 42.7. The van der Waals surface area contributed by atoms with E-state index in [1.54, 1.807) is 47.1 Å². The highest BCUT2D eigenvalue weighted by molar-refractivity contribution is 7.90. The van der Waals surface area contributed by atoms with E-state index >= 15 is 0 Å². The minimum Gasteiger partial charge on any atom is -0.497 e. The number of nitrogens with zero attached hydrogens (tertiary/aromatic N) is 2. The number of carbonyl (C=O) groups is 4. The van der Waals surface area contributed by atoms with Gasteiger partial charge in [-0.05, 0) is 83.6 Å². The Labute approximate surface area is 343 Å². The fraction of sp³-hybridized carbons (Fsp3) is 0.372. The molecule has 1 unspecified atom stereocenters. The third-order valence-corrected chi connectivity index (χ3v) is 11.9. The Hall–Kier alpha value is -5.68. The third kappa shape index (κ3) is 9.46. The molecule has 6 rings (SSSR count). The van der Waals surface area contributed by atoms with Crippen LogP contribution in [0.15, 0.2) is 96.4 Å². The average Bonchev–Trinajstić information content (AvgIpc) is 3.68. The van der Waals surface area contributed by atoms with Crippen molar-refractivity contribution in [2.45, 2.75) is 74.3 Å². The van der Waals surface area contributed by atoms with Crippen LogP contribution in [-0.4, -0.2) is 98.0 Å². The predicted octanol–water partition coefficient (Wildman–Crippen LogP) is 4.35. The highest BCUT2D eigenvalue weighted by Crippen LogP contribution is 2.44. The molecular formula is C43H50N6O9S. The van der Waals surface area contributed by atoms with E-state index in [0.717, 1.165) is 17.7 Å². The number of pyridine rings is 1. The number of alkyl carbamates (subject to hydrolysis) is 1. The molecule has 5 atom stereocenters.